The summed E-state index contributed by atoms with van der Waals surface area (Å²) in [5, 5.41) is 4.15. The number of nitrogens with zero attached hydrogens (tertiary/aromatic N) is 5. The Morgan fingerprint density at radius 2 is 2.14 bits per heavy atom. The first-order chi connectivity index (χ1) is 10.2. The highest BCUT2D eigenvalue weighted by atomic mass is 16.1. The van der Waals surface area contributed by atoms with Gasteiger partial charge in [0.1, 0.15) is 5.82 Å². The lowest BCUT2D eigenvalue weighted by molar-refractivity contribution is 0.216. The molecule has 0 N–H and O–H groups in total. The Kier molecular flexibility index (Phi) is 4.06. The maximum atomic E-state index is 11.8. The average molecular weight is 285 g/mol. The number of hydrogen-bond acceptors (Lipinski definition) is 5. The van der Waals surface area contributed by atoms with E-state index in [9.17, 15) is 4.79 Å². The van der Waals surface area contributed by atoms with E-state index in [1.807, 2.05) is 19.3 Å². The first-order valence-electron chi connectivity index (χ1n) is 7.26. The van der Waals surface area contributed by atoms with Crippen LogP contribution in [0, 0.1) is 6.92 Å². The van der Waals surface area contributed by atoms with Crippen LogP contribution in [0.5, 0.6) is 0 Å². The molecule has 1 aliphatic rings. The Bertz CT molecular complexity index is 652. The summed E-state index contributed by atoms with van der Waals surface area (Å²) in [4.78, 5) is 22.6. The van der Waals surface area contributed by atoms with Crippen LogP contribution in [0.2, 0.25) is 0 Å². The van der Waals surface area contributed by atoms with E-state index in [1.54, 1.807) is 23.0 Å². The maximum absolute atomic E-state index is 11.8. The molecule has 1 fully saturated rings. The molecule has 1 saturated heterocycles. The van der Waals surface area contributed by atoms with Crippen LogP contribution in [0.4, 0.5) is 0 Å². The second-order valence-corrected chi connectivity index (χ2v) is 5.45. The minimum atomic E-state index is -0.0389. The molecule has 110 valence electrons. The van der Waals surface area contributed by atoms with E-state index >= 15 is 0 Å². The van der Waals surface area contributed by atoms with E-state index in [4.69, 9.17) is 0 Å². The predicted molar refractivity (Wildman–Crippen MR) is 78.7 cm³/mol. The molecule has 0 aromatic carbocycles. The van der Waals surface area contributed by atoms with Gasteiger partial charge in [0, 0.05) is 42.8 Å². The van der Waals surface area contributed by atoms with Gasteiger partial charge in [0.25, 0.3) is 5.56 Å². The topological polar surface area (TPSA) is 63.9 Å². The normalized spacial score (nSPS) is 19.0. The van der Waals surface area contributed by atoms with Gasteiger partial charge in [-0.25, -0.2) is 14.6 Å². The number of rotatable bonds is 4. The van der Waals surface area contributed by atoms with Crippen molar-refractivity contribution in [2.24, 2.45) is 0 Å². The minimum absolute atomic E-state index is 0.0389. The van der Waals surface area contributed by atoms with Crippen molar-refractivity contribution in [2.45, 2.75) is 38.9 Å². The summed E-state index contributed by atoms with van der Waals surface area (Å²) in [5.41, 5.74) is 1.07. The van der Waals surface area contributed by atoms with Crippen molar-refractivity contribution in [2.75, 3.05) is 6.54 Å². The summed E-state index contributed by atoms with van der Waals surface area (Å²) in [5.74, 6) is 0.789. The zero-order valence-corrected chi connectivity index (χ0v) is 12.1. The monoisotopic (exact) mass is 285 g/mol. The lowest BCUT2D eigenvalue weighted by atomic mass is 10.2. The van der Waals surface area contributed by atoms with Gasteiger partial charge in [-0.05, 0) is 32.4 Å². The third-order valence-electron chi connectivity index (χ3n) is 3.89. The highest BCUT2D eigenvalue weighted by molar-refractivity contribution is 5.05. The molecule has 1 aliphatic heterocycles. The van der Waals surface area contributed by atoms with Crippen molar-refractivity contribution in [3.63, 3.8) is 0 Å². The van der Waals surface area contributed by atoms with Gasteiger partial charge in [-0.2, -0.15) is 5.10 Å². The molecular formula is C15H19N5O. The quantitative estimate of drug-likeness (QED) is 0.839. The summed E-state index contributed by atoms with van der Waals surface area (Å²) in [6, 6.07) is 3.58. The van der Waals surface area contributed by atoms with Crippen molar-refractivity contribution in [1.82, 2.24) is 24.6 Å². The Balaban J connectivity index is 1.69. The van der Waals surface area contributed by atoms with Gasteiger partial charge < -0.3 is 0 Å². The van der Waals surface area contributed by atoms with E-state index in [0.717, 1.165) is 37.3 Å². The molecule has 0 aliphatic carbocycles. The van der Waals surface area contributed by atoms with Gasteiger partial charge in [-0.15, -0.1) is 0 Å². The molecule has 0 spiro atoms. The molecule has 6 nitrogen and oxygen atoms in total. The molecule has 3 heterocycles. The lowest BCUT2D eigenvalue weighted by Gasteiger charge is -2.24. The first kappa shape index (κ1) is 13.9. The molecule has 3 rings (SSSR count). The van der Waals surface area contributed by atoms with Gasteiger partial charge in [0.05, 0.1) is 6.54 Å². The number of hydrogen-bond donors (Lipinski definition) is 0. The van der Waals surface area contributed by atoms with Crippen LogP contribution >= 0.6 is 0 Å². The van der Waals surface area contributed by atoms with Crippen LogP contribution in [-0.2, 0) is 13.1 Å². The van der Waals surface area contributed by atoms with E-state index in [1.165, 1.54) is 0 Å². The molecular weight excluding hydrogens is 266 g/mol. The zero-order chi connectivity index (χ0) is 14.7. The number of aryl methyl sites for hydroxylation is 1. The number of likely N-dealkylation sites (tertiary alicyclic amines) is 1. The minimum Gasteiger partial charge on any atom is -0.294 e. The molecule has 21 heavy (non-hydrogen) atoms. The van der Waals surface area contributed by atoms with E-state index < -0.39 is 0 Å². The summed E-state index contributed by atoms with van der Waals surface area (Å²) in [6.07, 6.45) is 7.67. The van der Waals surface area contributed by atoms with Crippen LogP contribution in [-0.4, -0.2) is 37.2 Å². The highest BCUT2D eigenvalue weighted by Gasteiger charge is 2.25. The van der Waals surface area contributed by atoms with Crippen molar-refractivity contribution < 1.29 is 0 Å². The highest BCUT2D eigenvalue weighted by Crippen LogP contribution is 2.20. The van der Waals surface area contributed by atoms with E-state index in [-0.39, 0.29) is 5.56 Å². The molecule has 0 saturated carbocycles. The summed E-state index contributed by atoms with van der Waals surface area (Å²) in [6.45, 7) is 4.40. The average Bonchev–Trinajstić information content (AvgIpc) is 2.91. The molecule has 0 radical (unpaired) electrons. The van der Waals surface area contributed by atoms with E-state index in [0.29, 0.717) is 12.6 Å². The van der Waals surface area contributed by atoms with Crippen LogP contribution in [0.3, 0.4) is 0 Å². The second kappa shape index (κ2) is 6.13. The van der Waals surface area contributed by atoms with Crippen molar-refractivity contribution in [3.05, 3.63) is 52.5 Å². The van der Waals surface area contributed by atoms with E-state index in [2.05, 4.69) is 20.0 Å². The number of aromatic nitrogens is 4. The van der Waals surface area contributed by atoms with Crippen molar-refractivity contribution >= 4 is 0 Å². The van der Waals surface area contributed by atoms with Crippen molar-refractivity contribution in [3.8, 4) is 0 Å². The van der Waals surface area contributed by atoms with Crippen LogP contribution < -0.4 is 5.56 Å². The smallest absolute Gasteiger partial charge is 0.266 e. The fraction of sp³-hybridized carbons (Fsp3) is 0.467. The summed E-state index contributed by atoms with van der Waals surface area (Å²) in [7, 11) is 0. The van der Waals surface area contributed by atoms with Gasteiger partial charge in [-0.3, -0.25) is 9.69 Å². The fourth-order valence-corrected chi connectivity index (χ4v) is 2.77. The SMILES string of the molecule is Cc1ncc(CN2CCCC2Cn2ncccc2=O)cn1. The fourth-order valence-electron chi connectivity index (χ4n) is 2.77. The Labute approximate surface area is 123 Å². The predicted octanol–water partition coefficient (Wildman–Crippen LogP) is 1.01. The molecule has 1 unspecified atom stereocenters. The Hall–Kier alpha value is -2.08. The summed E-state index contributed by atoms with van der Waals surface area (Å²) < 4.78 is 1.55. The largest absolute Gasteiger partial charge is 0.294 e. The molecule has 2 aromatic rings. The van der Waals surface area contributed by atoms with Crippen LogP contribution in [0.15, 0.2) is 35.5 Å². The van der Waals surface area contributed by atoms with Crippen LogP contribution in [0.25, 0.3) is 0 Å². The summed E-state index contributed by atoms with van der Waals surface area (Å²) >= 11 is 0. The molecule has 2 aromatic heterocycles. The lowest BCUT2D eigenvalue weighted by Crippen LogP contribution is -2.36. The molecule has 6 heteroatoms. The second-order valence-electron chi connectivity index (χ2n) is 5.45. The Morgan fingerprint density at radius 3 is 2.90 bits per heavy atom. The van der Waals surface area contributed by atoms with Crippen LogP contribution in [0.1, 0.15) is 24.2 Å². The first-order valence-corrected chi connectivity index (χ1v) is 7.26. The standard InChI is InChI=1S/C15H19N5O/c1-12-16-8-13(9-17-12)10-19-7-3-4-14(19)11-20-15(21)5-2-6-18-20/h2,5-6,8-9,14H,3-4,7,10-11H2,1H3. The van der Waals surface area contributed by atoms with Crippen molar-refractivity contribution in [1.29, 1.82) is 0 Å². The molecule has 0 amide bonds. The maximum Gasteiger partial charge on any atom is 0.266 e. The Morgan fingerprint density at radius 1 is 1.33 bits per heavy atom. The van der Waals surface area contributed by atoms with Gasteiger partial charge in [0.2, 0.25) is 0 Å². The molecule has 1 atom stereocenters. The molecule has 0 bridgehead atoms. The third kappa shape index (κ3) is 3.33. The third-order valence-corrected chi connectivity index (χ3v) is 3.89. The van der Waals surface area contributed by atoms with Gasteiger partial charge >= 0.3 is 0 Å². The van der Waals surface area contributed by atoms with Gasteiger partial charge in [0.15, 0.2) is 0 Å². The van der Waals surface area contributed by atoms with Gasteiger partial charge in [-0.1, -0.05) is 0 Å². The zero-order valence-electron chi connectivity index (χ0n) is 12.1.